The molecule has 0 bridgehead atoms. The number of nitrogens with zero attached hydrogens (tertiary/aromatic N) is 3. The van der Waals surface area contributed by atoms with Crippen LogP contribution in [0.25, 0.3) is 33.4 Å². The molecule has 0 radical (unpaired) electrons. The summed E-state index contributed by atoms with van der Waals surface area (Å²) in [6.07, 6.45) is 0. The van der Waals surface area contributed by atoms with Gasteiger partial charge in [0.05, 0.1) is 34.9 Å². The van der Waals surface area contributed by atoms with Crippen LogP contribution in [-0.4, -0.2) is 0 Å². The second kappa shape index (κ2) is 8.84. The van der Waals surface area contributed by atoms with Gasteiger partial charge in [-0.05, 0) is 107 Å². The minimum atomic E-state index is 0.626. The van der Waals surface area contributed by atoms with Crippen LogP contribution in [-0.2, 0) is 0 Å². The predicted octanol–water partition coefficient (Wildman–Crippen LogP) is 7.23. The molecule has 3 nitrogen and oxygen atoms in total. The lowest BCUT2D eigenvalue weighted by atomic mass is 9.80. The Bertz CT molecular complexity index is 1260. The molecule has 0 atom stereocenters. The summed E-state index contributed by atoms with van der Waals surface area (Å²) in [4.78, 5) is 0. The van der Waals surface area contributed by atoms with Crippen LogP contribution in [0.15, 0.2) is 72.8 Å². The molecule has 4 aromatic carbocycles. The van der Waals surface area contributed by atoms with Crippen molar-refractivity contribution in [2.24, 2.45) is 0 Å². The molecule has 0 aliphatic heterocycles. The highest BCUT2D eigenvalue weighted by Crippen LogP contribution is 2.43. The zero-order valence-electron chi connectivity index (χ0n) is 18.8. The van der Waals surface area contributed by atoms with Gasteiger partial charge in [0.1, 0.15) is 0 Å². The molecule has 0 aliphatic carbocycles. The van der Waals surface area contributed by atoms with E-state index in [1.807, 2.05) is 72.8 Å². The summed E-state index contributed by atoms with van der Waals surface area (Å²) >= 11 is 0. The summed E-state index contributed by atoms with van der Waals surface area (Å²) in [6, 6.07) is 29.6. The molecular formula is C30H21N3. The van der Waals surface area contributed by atoms with Gasteiger partial charge in [0.2, 0.25) is 0 Å². The van der Waals surface area contributed by atoms with Gasteiger partial charge in [0, 0.05) is 0 Å². The molecule has 33 heavy (non-hydrogen) atoms. The van der Waals surface area contributed by atoms with E-state index in [9.17, 15) is 15.8 Å². The fourth-order valence-electron chi connectivity index (χ4n) is 4.65. The molecule has 3 heteroatoms. The van der Waals surface area contributed by atoms with Crippen LogP contribution in [0.5, 0.6) is 0 Å². The molecule has 156 valence electrons. The van der Waals surface area contributed by atoms with Crippen molar-refractivity contribution >= 4 is 0 Å². The summed E-state index contributed by atoms with van der Waals surface area (Å²) in [5.41, 5.74) is 11.9. The Kier molecular flexibility index (Phi) is 5.78. The Morgan fingerprint density at radius 3 is 0.788 bits per heavy atom. The maximum Gasteiger partial charge on any atom is 0.0991 e. The third-order valence-corrected chi connectivity index (χ3v) is 6.16. The lowest BCUT2D eigenvalue weighted by Crippen LogP contribution is -2.01. The van der Waals surface area contributed by atoms with E-state index in [1.165, 1.54) is 0 Å². The Morgan fingerprint density at radius 2 is 0.606 bits per heavy atom. The minimum Gasteiger partial charge on any atom is -0.192 e. The van der Waals surface area contributed by atoms with Crippen LogP contribution in [0.3, 0.4) is 0 Å². The van der Waals surface area contributed by atoms with Crippen LogP contribution >= 0.6 is 0 Å². The molecule has 0 amide bonds. The average Bonchev–Trinajstić information content (AvgIpc) is 2.85. The van der Waals surface area contributed by atoms with E-state index in [-0.39, 0.29) is 0 Å². The lowest BCUT2D eigenvalue weighted by molar-refractivity contribution is 1.31. The highest BCUT2D eigenvalue weighted by atomic mass is 14.3. The molecule has 0 N–H and O–H groups in total. The zero-order chi connectivity index (χ0) is 23.5. The van der Waals surface area contributed by atoms with Gasteiger partial charge in [-0.3, -0.25) is 0 Å². The second-order valence-corrected chi connectivity index (χ2v) is 8.07. The summed E-state index contributed by atoms with van der Waals surface area (Å²) in [7, 11) is 0. The molecule has 0 unspecified atom stereocenters. The molecule has 0 heterocycles. The molecule has 0 saturated heterocycles. The largest absolute Gasteiger partial charge is 0.192 e. The van der Waals surface area contributed by atoms with Gasteiger partial charge in [-0.1, -0.05) is 36.4 Å². The van der Waals surface area contributed by atoms with Crippen LogP contribution < -0.4 is 0 Å². The highest BCUT2D eigenvalue weighted by molar-refractivity contribution is 5.91. The lowest BCUT2D eigenvalue weighted by Gasteiger charge is -2.23. The van der Waals surface area contributed by atoms with Gasteiger partial charge in [0.15, 0.2) is 0 Å². The fraction of sp³-hybridized carbons (Fsp3) is 0.100. The molecule has 4 rings (SSSR count). The van der Waals surface area contributed by atoms with Crippen LogP contribution in [0.1, 0.15) is 33.4 Å². The first-order valence-electron chi connectivity index (χ1n) is 10.6. The topological polar surface area (TPSA) is 71.4 Å². The number of hydrogen-bond donors (Lipinski definition) is 0. The smallest absolute Gasteiger partial charge is 0.0991 e. The molecule has 0 saturated carbocycles. The maximum absolute atomic E-state index is 9.22. The first-order chi connectivity index (χ1) is 16.0. The van der Waals surface area contributed by atoms with E-state index < -0.39 is 0 Å². The quantitative estimate of drug-likeness (QED) is 0.349. The molecule has 0 spiro atoms. The van der Waals surface area contributed by atoms with Gasteiger partial charge < -0.3 is 0 Å². The summed E-state index contributed by atoms with van der Waals surface area (Å²) in [6.45, 7) is 6.39. The first-order valence-corrected chi connectivity index (χ1v) is 10.6. The van der Waals surface area contributed by atoms with Crippen molar-refractivity contribution in [3.05, 3.63) is 106 Å². The van der Waals surface area contributed by atoms with Crippen molar-refractivity contribution in [1.29, 1.82) is 15.8 Å². The van der Waals surface area contributed by atoms with Crippen molar-refractivity contribution in [3.8, 4) is 51.6 Å². The highest BCUT2D eigenvalue weighted by Gasteiger charge is 2.20. The first kappa shape index (κ1) is 21.6. The number of benzene rings is 4. The van der Waals surface area contributed by atoms with E-state index in [2.05, 4.69) is 39.0 Å². The third kappa shape index (κ3) is 3.87. The Morgan fingerprint density at radius 1 is 0.394 bits per heavy atom. The van der Waals surface area contributed by atoms with Gasteiger partial charge in [0.25, 0.3) is 0 Å². The molecule has 4 aromatic rings. The van der Waals surface area contributed by atoms with Crippen LogP contribution in [0, 0.1) is 54.8 Å². The number of nitriles is 3. The maximum atomic E-state index is 9.22. The van der Waals surface area contributed by atoms with E-state index >= 15 is 0 Å². The van der Waals surface area contributed by atoms with Crippen molar-refractivity contribution < 1.29 is 0 Å². The van der Waals surface area contributed by atoms with Crippen molar-refractivity contribution in [2.45, 2.75) is 20.8 Å². The van der Waals surface area contributed by atoms with Gasteiger partial charge in [-0.15, -0.1) is 0 Å². The zero-order valence-corrected chi connectivity index (χ0v) is 18.8. The fourth-order valence-corrected chi connectivity index (χ4v) is 4.65. The van der Waals surface area contributed by atoms with Crippen molar-refractivity contribution in [2.75, 3.05) is 0 Å². The molecule has 0 fully saturated rings. The summed E-state index contributed by atoms with van der Waals surface area (Å²) in [5.74, 6) is 0. The van der Waals surface area contributed by atoms with Gasteiger partial charge in [-0.2, -0.15) is 15.8 Å². The normalized spacial score (nSPS) is 10.2. The Hall–Kier alpha value is -4.65. The monoisotopic (exact) mass is 423 g/mol. The SMILES string of the molecule is Cc1c(-c2ccc(C#N)cc2)c(C)c(-c2ccc(C#N)cc2)c(C)c1-c1ccc(C#N)cc1. The Labute approximate surface area is 194 Å². The number of rotatable bonds is 3. The predicted molar refractivity (Wildman–Crippen MR) is 131 cm³/mol. The van der Waals surface area contributed by atoms with E-state index in [0.717, 1.165) is 50.1 Å². The van der Waals surface area contributed by atoms with E-state index in [0.29, 0.717) is 16.7 Å². The van der Waals surface area contributed by atoms with Gasteiger partial charge >= 0.3 is 0 Å². The van der Waals surface area contributed by atoms with Crippen LogP contribution in [0.4, 0.5) is 0 Å². The van der Waals surface area contributed by atoms with E-state index in [1.54, 1.807) is 0 Å². The van der Waals surface area contributed by atoms with Crippen molar-refractivity contribution in [1.82, 2.24) is 0 Å². The standard InChI is InChI=1S/C30H21N3/c1-19-28(25-10-4-22(16-31)5-11-25)20(2)30(27-14-8-24(18-33)9-15-27)21(3)29(19)26-12-6-23(17-32)7-13-26/h4-15H,1-3H3. The third-order valence-electron chi connectivity index (χ3n) is 6.16. The summed E-state index contributed by atoms with van der Waals surface area (Å²) < 4.78 is 0. The van der Waals surface area contributed by atoms with Crippen LogP contribution in [0.2, 0.25) is 0 Å². The Balaban J connectivity index is 2.06. The van der Waals surface area contributed by atoms with Crippen molar-refractivity contribution in [3.63, 3.8) is 0 Å². The number of hydrogen-bond acceptors (Lipinski definition) is 3. The molecular weight excluding hydrogens is 402 g/mol. The molecule has 0 aromatic heterocycles. The minimum absolute atomic E-state index is 0.626. The average molecular weight is 424 g/mol. The summed E-state index contributed by atoms with van der Waals surface area (Å²) in [5, 5.41) is 27.7. The van der Waals surface area contributed by atoms with E-state index in [4.69, 9.17) is 0 Å². The van der Waals surface area contributed by atoms with Gasteiger partial charge in [-0.25, -0.2) is 0 Å². The molecule has 0 aliphatic rings. The second-order valence-electron chi connectivity index (χ2n) is 8.07.